The minimum atomic E-state index is -0.0593. The van der Waals surface area contributed by atoms with Gasteiger partial charge in [-0.05, 0) is 63.8 Å². The normalized spacial score (nSPS) is 10.7. The maximum atomic E-state index is 12.2. The molecule has 0 spiro atoms. The molecule has 0 atom stereocenters. The lowest BCUT2D eigenvalue weighted by Crippen LogP contribution is -2.32. The average molecular weight is 363 g/mol. The lowest BCUT2D eigenvalue weighted by atomic mass is 10.1. The molecule has 5 nitrogen and oxygen atoms in total. The Balaban J connectivity index is 2.46. The predicted octanol–water partition coefficient (Wildman–Crippen LogP) is 4.54. The molecule has 0 unspecified atom stereocenters. The zero-order valence-corrected chi connectivity index (χ0v) is 16.9. The Hall–Kier alpha value is -2.04. The van der Waals surface area contributed by atoms with Crippen molar-refractivity contribution >= 4 is 17.5 Å². The van der Waals surface area contributed by atoms with Crippen LogP contribution in [0.5, 0.6) is 5.75 Å². The van der Waals surface area contributed by atoms with Crippen molar-refractivity contribution in [2.75, 3.05) is 18.4 Å². The third-order valence-corrected chi connectivity index (χ3v) is 3.98. The van der Waals surface area contributed by atoms with E-state index in [2.05, 4.69) is 19.2 Å². The van der Waals surface area contributed by atoms with Crippen LogP contribution >= 0.6 is 0 Å². The third kappa shape index (κ3) is 7.89. The van der Waals surface area contributed by atoms with Crippen LogP contribution in [0, 0.1) is 6.92 Å². The van der Waals surface area contributed by atoms with Crippen LogP contribution in [-0.4, -0.2) is 35.9 Å². The van der Waals surface area contributed by atoms with E-state index in [1.165, 1.54) is 0 Å². The fourth-order valence-corrected chi connectivity index (χ4v) is 2.79. The van der Waals surface area contributed by atoms with Gasteiger partial charge >= 0.3 is 0 Å². The van der Waals surface area contributed by atoms with Crippen LogP contribution in [0.15, 0.2) is 18.2 Å². The number of hydrogen-bond acceptors (Lipinski definition) is 3. The fraction of sp³-hybridized carbons (Fsp3) is 0.619. The first-order chi connectivity index (χ1) is 12.4. The Kier molecular flexibility index (Phi) is 9.78. The first-order valence-corrected chi connectivity index (χ1v) is 9.72. The Morgan fingerprint density at radius 2 is 1.77 bits per heavy atom. The van der Waals surface area contributed by atoms with Gasteiger partial charge in [-0.15, -0.1) is 0 Å². The zero-order chi connectivity index (χ0) is 19.5. The van der Waals surface area contributed by atoms with Gasteiger partial charge in [0.15, 0.2) is 0 Å². The second kappa shape index (κ2) is 11.6. The number of nitrogens with zero attached hydrogens (tertiary/aromatic N) is 1. The average Bonchev–Trinajstić information content (AvgIpc) is 2.56. The highest BCUT2D eigenvalue weighted by Crippen LogP contribution is 2.22. The van der Waals surface area contributed by atoms with Crippen LogP contribution in [0.3, 0.4) is 0 Å². The summed E-state index contributed by atoms with van der Waals surface area (Å²) in [5.74, 6) is 0.886. The summed E-state index contributed by atoms with van der Waals surface area (Å²) in [4.78, 5) is 26.3. The minimum absolute atomic E-state index is 0.0593. The Morgan fingerprint density at radius 3 is 2.31 bits per heavy atom. The molecular formula is C21H34N2O3. The van der Waals surface area contributed by atoms with Gasteiger partial charge in [0.2, 0.25) is 11.8 Å². The second-order valence-electron chi connectivity index (χ2n) is 6.93. The SMILES string of the molecule is CCCN(CCC)C(=O)CCCC(=O)Nc1ccc(OC(C)C)cc1C. The Bertz CT molecular complexity index is 579. The standard InChI is InChI=1S/C21H34N2O3/c1-6-13-23(14-7-2)21(25)10-8-9-20(24)22-19-12-11-18(15-17(19)5)26-16(3)4/h11-12,15-16H,6-10,13-14H2,1-5H3,(H,22,24). The molecule has 0 aliphatic heterocycles. The van der Waals surface area contributed by atoms with Crippen LogP contribution in [0.2, 0.25) is 0 Å². The summed E-state index contributed by atoms with van der Waals surface area (Å²) in [5, 5.41) is 2.92. The number of carbonyl (C=O) groups excluding carboxylic acids is 2. The van der Waals surface area contributed by atoms with Gasteiger partial charge in [-0.25, -0.2) is 0 Å². The van der Waals surface area contributed by atoms with Crippen molar-refractivity contribution in [3.8, 4) is 5.75 Å². The highest BCUT2D eigenvalue weighted by Gasteiger charge is 2.13. The zero-order valence-electron chi connectivity index (χ0n) is 16.9. The molecular weight excluding hydrogens is 328 g/mol. The molecule has 5 heteroatoms. The number of anilines is 1. The molecule has 2 amide bonds. The van der Waals surface area contributed by atoms with E-state index in [1.54, 1.807) is 0 Å². The van der Waals surface area contributed by atoms with E-state index in [1.807, 2.05) is 43.9 Å². The minimum Gasteiger partial charge on any atom is -0.491 e. The van der Waals surface area contributed by atoms with Gasteiger partial charge in [-0.2, -0.15) is 0 Å². The van der Waals surface area contributed by atoms with Crippen molar-refractivity contribution in [1.82, 2.24) is 4.90 Å². The molecule has 0 saturated heterocycles. The summed E-state index contributed by atoms with van der Waals surface area (Å²) in [6, 6.07) is 5.65. The lowest BCUT2D eigenvalue weighted by molar-refractivity contribution is -0.131. The van der Waals surface area contributed by atoms with Gasteiger partial charge in [-0.1, -0.05) is 13.8 Å². The summed E-state index contributed by atoms with van der Waals surface area (Å²) in [6.45, 7) is 11.6. The highest BCUT2D eigenvalue weighted by molar-refractivity contribution is 5.91. The molecule has 1 rings (SSSR count). The van der Waals surface area contributed by atoms with Gasteiger partial charge in [0.05, 0.1) is 6.10 Å². The summed E-state index contributed by atoms with van der Waals surface area (Å²) in [6.07, 6.45) is 3.38. The van der Waals surface area contributed by atoms with Gasteiger partial charge in [-0.3, -0.25) is 9.59 Å². The number of ether oxygens (including phenoxy) is 1. The molecule has 146 valence electrons. The second-order valence-corrected chi connectivity index (χ2v) is 6.93. The number of rotatable bonds is 11. The number of aryl methyl sites for hydroxylation is 1. The van der Waals surface area contributed by atoms with E-state index >= 15 is 0 Å². The van der Waals surface area contributed by atoms with Crippen molar-refractivity contribution in [2.24, 2.45) is 0 Å². The van der Waals surface area contributed by atoms with E-state index in [-0.39, 0.29) is 17.9 Å². The molecule has 0 aliphatic carbocycles. The number of benzene rings is 1. The molecule has 0 fully saturated rings. The Labute approximate surface area is 158 Å². The fourth-order valence-electron chi connectivity index (χ4n) is 2.79. The predicted molar refractivity (Wildman–Crippen MR) is 107 cm³/mol. The van der Waals surface area contributed by atoms with E-state index in [4.69, 9.17) is 4.74 Å². The number of carbonyl (C=O) groups is 2. The maximum absolute atomic E-state index is 12.2. The molecule has 1 aromatic carbocycles. The van der Waals surface area contributed by atoms with Crippen LogP contribution in [0.4, 0.5) is 5.69 Å². The molecule has 0 heterocycles. The van der Waals surface area contributed by atoms with Crippen LogP contribution < -0.4 is 10.1 Å². The molecule has 26 heavy (non-hydrogen) atoms. The van der Waals surface area contributed by atoms with Crippen molar-refractivity contribution in [3.63, 3.8) is 0 Å². The quantitative estimate of drug-likeness (QED) is 0.629. The third-order valence-electron chi connectivity index (χ3n) is 3.98. The van der Waals surface area contributed by atoms with E-state index < -0.39 is 0 Å². The first-order valence-electron chi connectivity index (χ1n) is 9.72. The topological polar surface area (TPSA) is 58.6 Å². The first kappa shape index (κ1) is 22.0. The molecule has 0 saturated carbocycles. The number of amides is 2. The summed E-state index contributed by atoms with van der Waals surface area (Å²) in [5.41, 5.74) is 1.75. The van der Waals surface area contributed by atoms with Gasteiger partial charge < -0.3 is 15.0 Å². The van der Waals surface area contributed by atoms with Crippen LogP contribution in [-0.2, 0) is 9.59 Å². The van der Waals surface area contributed by atoms with Gasteiger partial charge in [0, 0.05) is 31.6 Å². The van der Waals surface area contributed by atoms with Crippen molar-refractivity contribution in [2.45, 2.75) is 72.8 Å². The summed E-state index contributed by atoms with van der Waals surface area (Å²) in [7, 11) is 0. The lowest BCUT2D eigenvalue weighted by Gasteiger charge is -2.21. The Morgan fingerprint density at radius 1 is 1.12 bits per heavy atom. The van der Waals surface area contributed by atoms with Crippen LogP contribution in [0.1, 0.15) is 65.4 Å². The molecule has 0 bridgehead atoms. The molecule has 1 N–H and O–H groups in total. The van der Waals surface area contributed by atoms with E-state index in [9.17, 15) is 9.59 Å². The smallest absolute Gasteiger partial charge is 0.224 e. The molecule has 1 aromatic rings. The molecule has 0 aliphatic rings. The van der Waals surface area contributed by atoms with Crippen molar-refractivity contribution < 1.29 is 14.3 Å². The van der Waals surface area contributed by atoms with Crippen LogP contribution in [0.25, 0.3) is 0 Å². The number of hydrogen-bond donors (Lipinski definition) is 1. The van der Waals surface area contributed by atoms with E-state index in [0.717, 1.165) is 42.9 Å². The number of nitrogens with one attached hydrogen (secondary N) is 1. The van der Waals surface area contributed by atoms with E-state index in [0.29, 0.717) is 19.3 Å². The van der Waals surface area contributed by atoms with Gasteiger partial charge in [0.1, 0.15) is 5.75 Å². The monoisotopic (exact) mass is 362 g/mol. The highest BCUT2D eigenvalue weighted by atomic mass is 16.5. The largest absolute Gasteiger partial charge is 0.491 e. The van der Waals surface area contributed by atoms with Gasteiger partial charge in [0.25, 0.3) is 0 Å². The maximum Gasteiger partial charge on any atom is 0.224 e. The van der Waals surface area contributed by atoms with Crippen molar-refractivity contribution in [3.05, 3.63) is 23.8 Å². The molecule has 0 aromatic heterocycles. The summed E-state index contributed by atoms with van der Waals surface area (Å²) >= 11 is 0. The summed E-state index contributed by atoms with van der Waals surface area (Å²) < 4.78 is 5.65. The molecule has 0 radical (unpaired) electrons. The van der Waals surface area contributed by atoms with Crippen molar-refractivity contribution in [1.29, 1.82) is 0 Å².